The summed E-state index contributed by atoms with van der Waals surface area (Å²) >= 11 is 5.89. The molecule has 1 heterocycles. The molecule has 1 N–H and O–H groups in total. The van der Waals surface area contributed by atoms with E-state index in [2.05, 4.69) is 24.2 Å². The molecule has 1 aromatic carbocycles. The molecule has 35 heavy (non-hydrogen) atoms. The highest BCUT2D eigenvalue weighted by Crippen LogP contribution is 2.68. The van der Waals surface area contributed by atoms with Gasteiger partial charge in [0, 0.05) is 5.92 Å². The fourth-order valence-electron chi connectivity index (χ4n) is 9.31. The minimum Gasteiger partial charge on any atom is -0.390 e. The van der Waals surface area contributed by atoms with Crippen molar-refractivity contribution < 1.29 is 14.3 Å². The lowest BCUT2D eigenvalue weighted by molar-refractivity contribution is -0.151. The molecule has 8 atom stereocenters. The second kappa shape index (κ2) is 7.98. The molecule has 0 spiro atoms. The molecule has 0 radical (unpaired) electrons. The van der Waals surface area contributed by atoms with Crippen molar-refractivity contribution in [1.29, 1.82) is 0 Å². The maximum absolute atomic E-state index is 14.3. The minimum absolute atomic E-state index is 0.0162. The van der Waals surface area contributed by atoms with Gasteiger partial charge in [0.2, 0.25) is 0 Å². The van der Waals surface area contributed by atoms with Crippen LogP contribution in [0.3, 0.4) is 0 Å². The average molecular weight is 502 g/mol. The van der Waals surface area contributed by atoms with Crippen molar-refractivity contribution in [3.8, 4) is 0 Å². The van der Waals surface area contributed by atoms with Gasteiger partial charge in [-0.25, -0.2) is 9.07 Å². The molecule has 4 fully saturated rings. The number of halogens is 2. The Bertz CT molecular complexity index is 1180. The third-order valence-electron chi connectivity index (χ3n) is 11.2. The van der Waals surface area contributed by atoms with Gasteiger partial charge in [-0.2, -0.15) is 0 Å². The van der Waals surface area contributed by atoms with Crippen molar-refractivity contribution in [3.63, 3.8) is 0 Å². The average Bonchev–Trinajstić information content (AvgIpc) is 3.37. The summed E-state index contributed by atoms with van der Waals surface area (Å²) in [6.07, 6.45) is 9.74. The monoisotopic (exact) mass is 501 g/mol. The predicted molar refractivity (Wildman–Crippen MR) is 133 cm³/mol. The topological polar surface area (TPSA) is 68.0 Å². The second-order valence-electron chi connectivity index (χ2n) is 13.0. The Balaban J connectivity index is 1.22. The first-order valence-electron chi connectivity index (χ1n) is 13.5. The summed E-state index contributed by atoms with van der Waals surface area (Å²) in [4.78, 5) is 13.7. The summed E-state index contributed by atoms with van der Waals surface area (Å²) in [7, 11) is 0. The molecule has 0 saturated heterocycles. The van der Waals surface area contributed by atoms with E-state index in [1.165, 1.54) is 25.3 Å². The van der Waals surface area contributed by atoms with Crippen LogP contribution in [0, 0.1) is 46.2 Å². The predicted octanol–water partition coefficient (Wildman–Crippen LogP) is 6.20. The molecule has 0 amide bonds. The number of aromatic nitrogens is 3. The summed E-state index contributed by atoms with van der Waals surface area (Å²) in [6, 6.07) is 3.19. The molecule has 0 unspecified atom stereocenters. The van der Waals surface area contributed by atoms with E-state index in [9.17, 15) is 14.3 Å². The summed E-state index contributed by atoms with van der Waals surface area (Å²) in [5, 5.41) is 18.8. The van der Waals surface area contributed by atoms with Crippen LogP contribution in [0.25, 0.3) is 11.0 Å². The number of fused-ring (bicyclic) bond motifs is 6. The van der Waals surface area contributed by atoms with Crippen molar-refractivity contribution >= 4 is 28.4 Å². The molecule has 0 bridgehead atoms. The van der Waals surface area contributed by atoms with Crippen LogP contribution in [0.5, 0.6) is 0 Å². The first kappa shape index (κ1) is 23.8. The van der Waals surface area contributed by atoms with E-state index in [-0.39, 0.29) is 34.2 Å². The number of ketones is 1. The maximum Gasteiger partial charge on any atom is 0.171 e. The van der Waals surface area contributed by atoms with Gasteiger partial charge in [0.25, 0.3) is 0 Å². The molecule has 1 aromatic heterocycles. The lowest BCUT2D eigenvalue weighted by atomic mass is 9.44. The normalized spacial score (nSPS) is 43.0. The minimum atomic E-state index is -0.581. The summed E-state index contributed by atoms with van der Waals surface area (Å²) in [5.74, 6) is 2.22. The molecule has 0 aliphatic heterocycles. The van der Waals surface area contributed by atoms with Gasteiger partial charge in [-0.1, -0.05) is 30.7 Å². The van der Waals surface area contributed by atoms with E-state index in [1.54, 1.807) is 10.7 Å². The number of carbonyl (C=O) groups excluding carboxylic acids is 1. The molecule has 190 valence electrons. The van der Waals surface area contributed by atoms with E-state index >= 15 is 0 Å². The lowest BCUT2D eigenvalue weighted by Gasteiger charge is -2.61. The third kappa shape index (κ3) is 3.53. The number of aliphatic hydroxyl groups is 1. The largest absolute Gasteiger partial charge is 0.390 e. The van der Waals surface area contributed by atoms with Crippen molar-refractivity contribution in [1.82, 2.24) is 15.0 Å². The fourth-order valence-corrected chi connectivity index (χ4v) is 9.47. The molecule has 5 nitrogen and oxygen atoms in total. The van der Waals surface area contributed by atoms with E-state index in [4.69, 9.17) is 11.6 Å². The Morgan fingerprint density at radius 3 is 2.66 bits per heavy atom. The van der Waals surface area contributed by atoms with Crippen LogP contribution in [0.2, 0.25) is 5.02 Å². The van der Waals surface area contributed by atoms with Gasteiger partial charge < -0.3 is 5.11 Å². The molecule has 4 saturated carbocycles. The zero-order valence-corrected chi connectivity index (χ0v) is 21.8. The van der Waals surface area contributed by atoms with Crippen LogP contribution in [-0.2, 0) is 11.3 Å². The quantitative estimate of drug-likeness (QED) is 0.543. The van der Waals surface area contributed by atoms with Gasteiger partial charge in [-0.05, 0) is 111 Å². The summed E-state index contributed by atoms with van der Waals surface area (Å²) < 4.78 is 15.9. The number of rotatable bonds is 3. The van der Waals surface area contributed by atoms with Gasteiger partial charge in [-0.3, -0.25) is 4.79 Å². The van der Waals surface area contributed by atoms with Crippen molar-refractivity contribution in [2.75, 3.05) is 0 Å². The van der Waals surface area contributed by atoms with Crippen molar-refractivity contribution in [2.24, 2.45) is 40.4 Å². The molecule has 7 heteroatoms. The van der Waals surface area contributed by atoms with Gasteiger partial charge in [0.1, 0.15) is 12.1 Å². The highest BCUT2D eigenvalue weighted by Gasteiger charge is 2.61. The van der Waals surface area contributed by atoms with E-state index < -0.39 is 11.4 Å². The van der Waals surface area contributed by atoms with E-state index in [1.807, 2.05) is 6.92 Å². The Kier molecular flexibility index (Phi) is 5.44. The number of hydrogen-bond donors (Lipinski definition) is 1. The van der Waals surface area contributed by atoms with Crippen LogP contribution in [-0.4, -0.2) is 31.5 Å². The van der Waals surface area contributed by atoms with Crippen LogP contribution < -0.4 is 0 Å². The SMILES string of the molecule is C[C@@]1(O)CC[C@@]2(C)[C@@H](CC[C@@H]3[C@@H]2CC[C@]2(C)[C@@H](C(=O)Cn4nnc5c(F)c(Cl)ccc54)CC[C@@H]32)C1. The smallest absolute Gasteiger partial charge is 0.171 e. The van der Waals surface area contributed by atoms with Gasteiger partial charge in [0.15, 0.2) is 11.6 Å². The lowest BCUT2D eigenvalue weighted by Crippen LogP contribution is -2.55. The highest BCUT2D eigenvalue weighted by atomic mass is 35.5. The number of carbonyl (C=O) groups is 1. The van der Waals surface area contributed by atoms with Crippen LogP contribution in [0.4, 0.5) is 4.39 Å². The molecular weight excluding hydrogens is 465 g/mol. The Morgan fingerprint density at radius 1 is 1.09 bits per heavy atom. The standard InChI is InChI=1S/C28H37ClFN3O2/c1-26(35)12-13-27(2)16(14-26)4-5-17-18-6-7-20(28(18,3)11-10-19(17)27)23(34)15-33-22-9-8-21(29)24(30)25(22)31-32-33/h8-9,16-20,35H,4-7,10-15H2,1-3H3/t16-,17-,18-,19-,20+,26+,27-,28-/m0/s1. The third-order valence-corrected chi connectivity index (χ3v) is 11.5. The van der Waals surface area contributed by atoms with Gasteiger partial charge >= 0.3 is 0 Å². The second-order valence-corrected chi connectivity index (χ2v) is 13.4. The van der Waals surface area contributed by atoms with Crippen molar-refractivity contribution in [3.05, 3.63) is 23.0 Å². The number of hydrogen-bond acceptors (Lipinski definition) is 4. The Morgan fingerprint density at radius 2 is 1.86 bits per heavy atom. The zero-order valence-electron chi connectivity index (χ0n) is 21.1. The van der Waals surface area contributed by atoms with Gasteiger partial charge in [0.05, 0.1) is 16.1 Å². The number of Topliss-reactive ketones (excluding diaryl/α,β-unsaturated/α-hetero) is 1. The first-order chi connectivity index (χ1) is 16.5. The van der Waals surface area contributed by atoms with E-state index in [0.29, 0.717) is 34.6 Å². The highest BCUT2D eigenvalue weighted by molar-refractivity contribution is 6.31. The molecule has 4 aliphatic carbocycles. The number of benzene rings is 1. The Labute approximate surface area is 211 Å². The van der Waals surface area contributed by atoms with Crippen molar-refractivity contribution in [2.45, 2.75) is 90.7 Å². The van der Waals surface area contributed by atoms with Crippen LogP contribution in [0.1, 0.15) is 78.6 Å². The summed E-state index contributed by atoms with van der Waals surface area (Å²) in [6.45, 7) is 7.02. The van der Waals surface area contributed by atoms with Gasteiger partial charge in [-0.15, -0.1) is 5.10 Å². The molecular formula is C28H37ClFN3O2. The maximum atomic E-state index is 14.3. The zero-order chi connectivity index (χ0) is 24.8. The van der Waals surface area contributed by atoms with E-state index in [0.717, 1.165) is 38.5 Å². The van der Waals surface area contributed by atoms with Crippen LogP contribution >= 0.6 is 11.6 Å². The Hall–Kier alpha value is -1.53. The first-order valence-corrected chi connectivity index (χ1v) is 13.8. The number of nitrogens with zero attached hydrogens (tertiary/aromatic N) is 3. The molecule has 6 rings (SSSR count). The molecule has 2 aromatic rings. The van der Waals surface area contributed by atoms with Crippen LogP contribution in [0.15, 0.2) is 12.1 Å². The fraction of sp³-hybridized carbons (Fsp3) is 0.750. The summed E-state index contributed by atoms with van der Waals surface area (Å²) in [5.41, 5.74) is 0.470. The molecule has 4 aliphatic rings.